The average molecular weight is 288 g/mol. The zero-order chi connectivity index (χ0) is 15.4. The van der Waals surface area contributed by atoms with Gasteiger partial charge in [0, 0.05) is 24.4 Å². The highest BCUT2D eigenvalue weighted by Crippen LogP contribution is 2.27. The largest absolute Gasteiger partial charge is 0.504 e. The van der Waals surface area contributed by atoms with Gasteiger partial charge in [-0.25, -0.2) is 0 Å². The zero-order valence-corrected chi connectivity index (χ0v) is 11.8. The van der Waals surface area contributed by atoms with Crippen LogP contribution in [0.15, 0.2) is 36.4 Å². The summed E-state index contributed by atoms with van der Waals surface area (Å²) in [7, 11) is 1.49. The van der Waals surface area contributed by atoms with Crippen LogP contribution in [-0.2, 0) is 6.54 Å². The molecule has 0 spiro atoms. The van der Waals surface area contributed by atoms with Crippen LogP contribution in [0.1, 0.15) is 11.1 Å². The van der Waals surface area contributed by atoms with Gasteiger partial charge in [0.1, 0.15) is 0 Å². The van der Waals surface area contributed by atoms with Crippen molar-refractivity contribution in [2.24, 2.45) is 0 Å². The molecule has 110 valence electrons. The van der Waals surface area contributed by atoms with Crippen molar-refractivity contribution in [3.05, 3.63) is 57.6 Å². The second-order valence-electron chi connectivity index (χ2n) is 4.62. The molecule has 0 atom stereocenters. The minimum absolute atomic E-state index is 0.0696. The van der Waals surface area contributed by atoms with E-state index in [4.69, 9.17) is 4.74 Å². The van der Waals surface area contributed by atoms with Crippen LogP contribution in [0.5, 0.6) is 11.5 Å². The molecule has 0 saturated carbocycles. The quantitative estimate of drug-likeness (QED) is 0.651. The van der Waals surface area contributed by atoms with E-state index in [0.29, 0.717) is 12.3 Å². The van der Waals surface area contributed by atoms with Crippen LogP contribution >= 0.6 is 0 Å². The Balaban J connectivity index is 2.09. The Morgan fingerprint density at radius 1 is 1.29 bits per heavy atom. The van der Waals surface area contributed by atoms with Gasteiger partial charge in [0.25, 0.3) is 5.69 Å². The van der Waals surface area contributed by atoms with Gasteiger partial charge in [-0.1, -0.05) is 6.07 Å². The summed E-state index contributed by atoms with van der Waals surface area (Å²) < 4.78 is 4.98. The molecule has 2 rings (SSSR count). The minimum Gasteiger partial charge on any atom is -0.504 e. The third-order valence-corrected chi connectivity index (χ3v) is 3.15. The van der Waals surface area contributed by atoms with Crippen molar-refractivity contribution < 1.29 is 14.8 Å². The number of aryl methyl sites for hydroxylation is 1. The Kier molecular flexibility index (Phi) is 4.27. The molecule has 0 amide bonds. The molecule has 2 N–H and O–H groups in total. The molecule has 0 heterocycles. The summed E-state index contributed by atoms with van der Waals surface area (Å²) in [6, 6.07) is 9.80. The van der Waals surface area contributed by atoms with Crippen LogP contribution in [-0.4, -0.2) is 17.1 Å². The van der Waals surface area contributed by atoms with E-state index >= 15 is 0 Å². The van der Waals surface area contributed by atoms with E-state index in [9.17, 15) is 15.2 Å². The van der Waals surface area contributed by atoms with E-state index < -0.39 is 4.92 Å². The average Bonchev–Trinajstić information content (AvgIpc) is 2.46. The number of nitro groups is 1. The topological polar surface area (TPSA) is 84.6 Å². The second-order valence-corrected chi connectivity index (χ2v) is 4.62. The highest BCUT2D eigenvalue weighted by molar-refractivity contribution is 5.55. The van der Waals surface area contributed by atoms with Gasteiger partial charge in [0.2, 0.25) is 0 Å². The van der Waals surface area contributed by atoms with Crippen LogP contribution in [0.3, 0.4) is 0 Å². The van der Waals surface area contributed by atoms with Crippen LogP contribution in [0.2, 0.25) is 0 Å². The predicted octanol–water partition coefficient (Wildman–Crippen LogP) is 3.23. The first-order valence-electron chi connectivity index (χ1n) is 6.36. The van der Waals surface area contributed by atoms with Crippen LogP contribution in [0, 0.1) is 17.0 Å². The highest BCUT2D eigenvalue weighted by Gasteiger charge is 2.08. The fourth-order valence-corrected chi connectivity index (χ4v) is 2.00. The maximum atomic E-state index is 10.7. The molecule has 6 heteroatoms. The number of benzene rings is 2. The summed E-state index contributed by atoms with van der Waals surface area (Å²) in [4.78, 5) is 10.3. The van der Waals surface area contributed by atoms with Gasteiger partial charge in [-0.05, 0) is 36.2 Å². The van der Waals surface area contributed by atoms with Gasteiger partial charge in [0.05, 0.1) is 12.0 Å². The van der Waals surface area contributed by atoms with Gasteiger partial charge in [-0.15, -0.1) is 0 Å². The van der Waals surface area contributed by atoms with E-state index in [-0.39, 0.29) is 11.4 Å². The van der Waals surface area contributed by atoms with Crippen LogP contribution in [0.25, 0.3) is 0 Å². The molecule has 2 aromatic rings. The lowest BCUT2D eigenvalue weighted by Gasteiger charge is -2.10. The van der Waals surface area contributed by atoms with Crippen molar-refractivity contribution in [2.45, 2.75) is 13.5 Å². The van der Waals surface area contributed by atoms with Crippen molar-refractivity contribution in [3.63, 3.8) is 0 Å². The van der Waals surface area contributed by atoms with Crippen molar-refractivity contribution in [2.75, 3.05) is 12.4 Å². The molecule has 0 aliphatic carbocycles. The SMILES string of the molecule is COc1ccc(CNc2ccc([N+](=O)[O-])cc2C)cc1O. The Morgan fingerprint density at radius 3 is 2.62 bits per heavy atom. The Hall–Kier alpha value is -2.76. The smallest absolute Gasteiger partial charge is 0.269 e. The minimum atomic E-state index is -0.418. The molecule has 0 aromatic heterocycles. The van der Waals surface area contributed by atoms with E-state index in [2.05, 4.69) is 5.32 Å². The first-order chi connectivity index (χ1) is 10.0. The fourth-order valence-electron chi connectivity index (χ4n) is 2.00. The number of rotatable bonds is 5. The lowest BCUT2D eigenvalue weighted by molar-refractivity contribution is -0.384. The molecule has 0 bridgehead atoms. The number of nitro benzene ring substituents is 1. The number of phenols is 1. The molecular weight excluding hydrogens is 272 g/mol. The lowest BCUT2D eigenvalue weighted by Crippen LogP contribution is -2.01. The molecule has 0 fully saturated rings. The standard InChI is InChI=1S/C15H16N2O4/c1-10-7-12(17(19)20)4-5-13(10)16-9-11-3-6-15(21-2)14(18)8-11/h3-8,16,18H,9H2,1-2H3. The number of ether oxygens (including phenoxy) is 1. The molecule has 0 saturated heterocycles. The molecule has 0 radical (unpaired) electrons. The molecule has 0 aliphatic heterocycles. The van der Waals surface area contributed by atoms with Crippen molar-refractivity contribution in [1.82, 2.24) is 0 Å². The number of anilines is 1. The summed E-state index contributed by atoms with van der Waals surface area (Å²) in [5.74, 6) is 0.502. The van der Waals surface area contributed by atoms with Gasteiger partial charge in [0.15, 0.2) is 11.5 Å². The highest BCUT2D eigenvalue weighted by atomic mass is 16.6. The van der Waals surface area contributed by atoms with Crippen LogP contribution in [0.4, 0.5) is 11.4 Å². The first kappa shape index (κ1) is 14.6. The molecule has 2 aromatic carbocycles. The molecule has 21 heavy (non-hydrogen) atoms. The second kappa shape index (κ2) is 6.13. The van der Waals surface area contributed by atoms with Gasteiger partial charge >= 0.3 is 0 Å². The number of hydrogen-bond donors (Lipinski definition) is 2. The number of aromatic hydroxyl groups is 1. The summed E-state index contributed by atoms with van der Waals surface area (Å²) in [5, 5.41) is 23.6. The predicted molar refractivity (Wildman–Crippen MR) is 79.8 cm³/mol. The van der Waals surface area contributed by atoms with E-state index in [1.807, 2.05) is 6.07 Å². The normalized spacial score (nSPS) is 10.2. The van der Waals surface area contributed by atoms with Crippen molar-refractivity contribution >= 4 is 11.4 Å². The number of hydrogen-bond acceptors (Lipinski definition) is 5. The van der Waals surface area contributed by atoms with Crippen molar-refractivity contribution in [1.29, 1.82) is 0 Å². The monoisotopic (exact) mass is 288 g/mol. The molecule has 6 nitrogen and oxygen atoms in total. The van der Waals surface area contributed by atoms with Gasteiger partial charge in [-0.2, -0.15) is 0 Å². The summed E-state index contributed by atoms with van der Waals surface area (Å²) in [6.45, 7) is 2.30. The fraction of sp³-hybridized carbons (Fsp3) is 0.200. The third-order valence-electron chi connectivity index (χ3n) is 3.15. The van der Waals surface area contributed by atoms with Crippen molar-refractivity contribution in [3.8, 4) is 11.5 Å². The maximum Gasteiger partial charge on any atom is 0.269 e. The lowest BCUT2D eigenvalue weighted by atomic mass is 10.1. The van der Waals surface area contributed by atoms with E-state index in [1.165, 1.54) is 19.2 Å². The summed E-state index contributed by atoms with van der Waals surface area (Å²) >= 11 is 0. The summed E-state index contributed by atoms with van der Waals surface area (Å²) in [6.07, 6.45) is 0. The Labute approximate surface area is 122 Å². The zero-order valence-electron chi connectivity index (χ0n) is 11.8. The molecular formula is C15H16N2O4. The van der Waals surface area contributed by atoms with Crippen LogP contribution < -0.4 is 10.1 Å². The molecule has 0 unspecified atom stereocenters. The first-order valence-corrected chi connectivity index (χ1v) is 6.36. The Bertz CT molecular complexity index is 671. The third kappa shape index (κ3) is 3.42. The Morgan fingerprint density at radius 2 is 2.05 bits per heavy atom. The van der Waals surface area contributed by atoms with Gasteiger partial charge in [-0.3, -0.25) is 10.1 Å². The number of nitrogens with zero attached hydrogens (tertiary/aromatic N) is 1. The maximum absolute atomic E-state index is 10.7. The number of non-ortho nitro benzene ring substituents is 1. The van der Waals surface area contributed by atoms with E-state index in [0.717, 1.165) is 16.8 Å². The number of nitrogens with one attached hydrogen (secondary N) is 1. The number of methoxy groups -OCH3 is 1. The number of phenolic OH excluding ortho intramolecular Hbond substituents is 1. The summed E-state index contributed by atoms with van der Waals surface area (Å²) in [5.41, 5.74) is 2.56. The van der Waals surface area contributed by atoms with Gasteiger partial charge < -0.3 is 15.2 Å². The van der Waals surface area contributed by atoms with E-state index in [1.54, 1.807) is 25.1 Å². The molecule has 0 aliphatic rings.